The number of hydrogen-bond donors (Lipinski definition) is 2. The SMILES string of the molecule is CNC(C)c1ccc(Sc2cc3ccccc3[nH]2)nc1. The van der Waals surface area contributed by atoms with E-state index >= 15 is 0 Å². The zero-order chi connectivity index (χ0) is 13.9. The molecule has 3 rings (SSSR count). The predicted molar refractivity (Wildman–Crippen MR) is 84.1 cm³/mol. The molecular weight excluding hydrogens is 266 g/mol. The van der Waals surface area contributed by atoms with Crippen LogP contribution in [-0.2, 0) is 0 Å². The minimum Gasteiger partial charge on any atom is -0.349 e. The number of pyridine rings is 1. The Hall–Kier alpha value is -1.78. The minimum atomic E-state index is 0.328. The summed E-state index contributed by atoms with van der Waals surface area (Å²) < 4.78 is 0. The van der Waals surface area contributed by atoms with E-state index in [1.165, 1.54) is 10.9 Å². The first-order valence-corrected chi connectivity index (χ1v) is 7.47. The molecule has 20 heavy (non-hydrogen) atoms. The zero-order valence-electron chi connectivity index (χ0n) is 11.6. The molecule has 0 spiro atoms. The number of benzene rings is 1. The third-order valence-electron chi connectivity index (χ3n) is 3.41. The van der Waals surface area contributed by atoms with E-state index in [4.69, 9.17) is 0 Å². The van der Waals surface area contributed by atoms with Gasteiger partial charge in [0, 0.05) is 23.1 Å². The predicted octanol–water partition coefficient (Wildman–Crippen LogP) is 3.99. The van der Waals surface area contributed by atoms with Crippen LogP contribution in [0, 0.1) is 0 Å². The number of nitrogens with zero attached hydrogens (tertiary/aromatic N) is 1. The molecule has 102 valence electrons. The van der Waals surface area contributed by atoms with Gasteiger partial charge in [0.2, 0.25) is 0 Å². The van der Waals surface area contributed by atoms with Gasteiger partial charge in [-0.15, -0.1) is 0 Å². The highest BCUT2D eigenvalue weighted by Crippen LogP contribution is 2.28. The maximum atomic E-state index is 4.52. The summed E-state index contributed by atoms with van der Waals surface area (Å²) in [5.41, 5.74) is 2.36. The van der Waals surface area contributed by atoms with Crippen LogP contribution in [0.3, 0.4) is 0 Å². The Kier molecular flexibility index (Phi) is 3.76. The van der Waals surface area contributed by atoms with E-state index < -0.39 is 0 Å². The molecule has 0 radical (unpaired) electrons. The maximum Gasteiger partial charge on any atom is 0.102 e. The van der Waals surface area contributed by atoms with Crippen LogP contribution < -0.4 is 5.32 Å². The number of nitrogens with one attached hydrogen (secondary N) is 2. The van der Waals surface area contributed by atoms with Crippen molar-refractivity contribution in [2.45, 2.75) is 23.0 Å². The van der Waals surface area contributed by atoms with Crippen LogP contribution in [0.15, 0.2) is 58.7 Å². The topological polar surface area (TPSA) is 40.7 Å². The van der Waals surface area contributed by atoms with Gasteiger partial charge in [-0.25, -0.2) is 4.98 Å². The third kappa shape index (κ3) is 2.71. The van der Waals surface area contributed by atoms with Crippen LogP contribution in [0.1, 0.15) is 18.5 Å². The van der Waals surface area contributed by atoms with Gasteiger partial charge >= 0.3 is 0 Å². The average molecular weight is 283 g/mol. The highest BCUT2D eigenvalue weighted by molar-refractivity contribution is 7.99. The van der Waals surface area contributed by atoms with E-state index in [0.29, 0.717) is 6.04 Å². The molecule has 0 fully saturated rings. The van der Waals surface area contributed by atoms with Crippen molar-refractivity contribution in [3.63, 3.8) is 0 Å². The summed E-state index contributed by atoms with van der Waals surface area (Å²) in [4.78, 5) is 7.92. The van der Waals surface area contributed by atoms with Crippen LogP contribution >= 0.6 is 11.8 Å². The smallest absolute Gasteiger partial charge is 0.102 e. The Morgan fingerprint density at radius 1 is 1.20 bits per heavy atom. The lowest BCUT2D eigenvalue weighted by Crippen LogP contribution is -2.12. The molecule has 3 nitrogen and oxygen atoms in total. The fraction of sp³-hybridized carbons (Fsp3) is 0.188. The van der Waals surface area contributed by atoms with Gasteiger partial charge in [0.1, 0.15) is 5.03 Å². The highest BCUT2D eigenvalue weighted by Gasteiger charge is 2.06. The molecule has 3 aromatic rings. The summed E-state index contributed by atoms with van der Waals surface area (Å²) in [6, 6.07) is 15.0. The van der Waals surface area contributed by atoms with Crippen molar-refractivity contribution in [3.05, 3.63) is 54.2 Å². The van der Waals surface area contributed by atoms with Crippen molar-refractivity contribution in [1.82, 2.24) is 15.3 Å². The van der Waals surface area contributed by atoms with Crippen LogP contribution in [0.4, 0.5) is 0 Å². The van der Waals surface area contributed by atoms with Gasteiger partial charge in [-0.1, -0.05) is 36.0 Å². The fourth-order valence-corrected chi connectivity index (χ4v) is 2.90. The molecule has 0 bridgehead atoms. The zero-order valence-corrected chi connectivity index (χ0v) is 12.4. The molecule has 0 amide bonds. The van der Waals surface area contributed by atoms with Gasteiger partial charge in [-0.3, -0.25) is 0 Å². The Morgan fingerprint density at radius 2 is 2.05 bits per heavy atom. The molecule has 4 heteroatoms. The molecular formula is C16H17N3S. The monoisotopic (exact) mass is 283 g/mol. The average Bonchev–Trinajstić information content (AvgIpc) is 2.89. The number of hydrogen-bond acceptors (Lipinski definition) is 3. The van der Waals surface area contributed by atoms with Crippen LogP contribution in [0.2, 0.25) is 0 Å². The van der Waals surface area contributed by atoms with Crippen molar-refractivity contribution in [1.29, 1.82) is 0 Å². The van der Waals surface area contributed by atoms with Gasteiger partial charge in [-0.2, -0.15) is 0 Å². The number of H-pyrrole nitrogens is 1. The first-order valence-electron chi connectivity index (χ1n) is 6.65. The normalized spacial score (nSPS) is 12.7. The van der Waals surface area contributed by atoms with Gasteiger partial charge in [0.05, 0.1) is 5.03 Å². The van der Waals surface area contributed by atoms with Crippen LogP contribution in [0.25, 0.3) is 10.9 Å². The van der Waals surface area contributed by atoms with Crippen molar-refractivity contribution in [2.75, 3.05) is 7.05 Å². The van der Waals surface area contributed by atoms with E-state index in [9.17, 15) is 0 Å². The Labute approximate surface area is 122 Å². The molecule has 2 N–H and O–H groups in total. The molecule has 0 saturated carbocycles. The molecule has 1 unspecified atom stereocenters. The summed E-state index contributed by atoms with van der Waals surface area (Å²) in [5, 5.41) is 6.57. The second-order valence-electron chi connectivity index (χ2n) is 4.76. The van der Waals surface area contributed by atoms with Gasteiger partial charge in [0.25, 0.3) is 0 Å². The molecule has 0 aliphatic rings. The fourth-order valence-electron chi connectivity index (χ4n) is 2.09. The first kappa shape index (κ1) is 13.2. The quantitative estimate of drug-likeness (QED) is 0.760. The van der Waals surface area contributed by atoms with Crippen molar-refractivity contribution >= 4 is 22.7 Å². The summed E-state index contributed by atoms with van der Waals surface area (Å²) in [5.74, 6) is 0. The summed E-state index contributed by atoms with van der Waals surface area (Å²) in [6.07, 6.45) is 1.94. The third-order valence-corrected chi connectivity index (χ3v) is 4.30. The molecule has 0 aliphatic heterocycles. The van der Waals surface area contributed by atoms with Crippen molar-refractivity contribution < 1.29 is 0 Å². The van der Waals surface area contributed by atoms with Crippen LogP contribution in [0.5, 0.6) is 0 Å². The second kappa shape index (κ2) is 5.69. The lowest BCUT2D eigenvalue weighted by atomic mass is 10.1. The number of para-hydroxylation sites is 1. The van der Waals surface area contributed by atoms with Crippen molar-refractivity contribution in [3.8, 4) is 0 Å². The lowest BCUT2D eigenvalue weighted by molar-refractivity contribution is 0.648. The van der Waals surface area contributed by atoms with E-state index in [-0.39, 0.29) is 0 Å². The van der Waals surface area contributed by atoms with Crippen molar-refractivity contribution in [2.24, 2.45) is 0 Å². The molecule has 1 atom stereocenters. The van der Waals surface area contributed by atoms with E-state index in [2.05, 4.69) is 58.6 Å². The highest BCUT2D eigenvalue weighted by atomic mass is 32.2. The standard InChI is InChI=1S/C16H17N3S/c1-11(17-2)13-7-8-15(18-10-13)20-16-9-12-5-3-4-6-14(12)19-16/h3-11,17,19H,1-2H3. The van der Waals surface area contributed by atoms with Gasteiger partial charge < -0.3 is 10.3 Å². The van der Waals surface area contributed by atoms with E-state index in [1.807, 2.05) is 19.3 Å². The lowest BCUT2D eigenvalue weighted by Gasteiger charge is -2.09. The van der Waals surface area contributed by atoms with Crippen LogP contribution in [-0.4, -0.2) is 17.0 Å². The summed E-state index contributed by atoms with van der Waals surface area (Å²) in [6.45, 7) is 2.13. The molecule has 0 aliphatic carbocycles. The first-order chi connectivity index (χ1) is 9.76. The summed E-state index contributed by atoms with van der Waals surface area (Å²) in [7, 11) is 1.96. The molecule has 2 heterocycles. The second-order valence-corrected chi connectivity index (χ2v) is 5.83. The molecule has 2 aromatic heterocycles. The number of aromatic amines is 1. The Bertz CT molecular complexity index is 670. The largest absolute Gasteiger partial charge is 0.349 e. The number of rotatable bonds is 4. The molecule has 1 aromatic carbocycles. The number of fused-ring (bicyclic) bond motifs is 1. The minimum absolute atomic E-state index is 0.328. The van der Waals surface area contributed by atoms with E-state index in [1.54, 1.807) is 11.8 Å². The Morgan fingerprint density at radius 3 is 2.75 bits per heavy atom. The Balaban J connectivity index is 1.80. The van der Waals surface area contributed by atoms with E-state index in [0.717, 1.165) is 15.6 Å². The van der Waals surface area contributed by atoms with Gasteiger partial charge in [0.15, 0.2) is 0 Å². The summed E-state index contributed by atoms with van der Waals surface area (Å²) >= 11 is 1.65. The van der Waals surface area contributed by atoms with Gasteiger partial charge in [-0.05, 0) is 37.7 Å². The number of aromatic nitrogens is 2. The molecule has 0 saturated heterocycles. The maximum absolute atomic E-state index is 4.52.